The topological polar surface area (TPSA) is 67.4 Å². The van der Waals surface area contributed by atoms with Crippen molar-refractivity contribution in [3.8, 4) is 5.75 Å². The summed E-state index contributed by atoms with van der Waals surface area (Å²) in [4.78, 5) is 23.5. The molecule has 0 radical (unpaired) electrons. The molecule has 5 heteroatoms. The minimum absolute atomic E-state index is 0.174. The van der Waals surface area contributed by atoms with Crippen LogP contribution >= 0.6 is 0 Å². The van der Waals surface area contributed by atoms with Crippen LogP contribution in [0.3, 0.4) is 0 Å². The molecular weight excluding hydrogens is 304 g/mol. The molecule has 24 heavy (non-hydrogen) atoms. The zero-order chi connectivity index (χ0) is 17.7. The molecule has 2 N–H and O–H groups in total. The molecule has 0 aliphatic heterocycles. The van der Waals surface area contributed by atoms with E-state index in [-0.39, 0.29) is 11.8 Å². The third kappa shape index (κ3) is 4.35. The van der Waals surface area contributed by atoms with Crippen LogP contribution < -0.4 is 15.4 Å². The second-order valence-electron chi connectivity index (χ2n) is 5.69. The van der Waals surface area contributed by atoms with Gasteiger partial charge in [-0.3, -0.25) is 9.59 Å². The molecule has 0 saturated carbocycles. The summed E-state index contributed by atoms with van der Waals surface area (Å²) in [6.07, 6.45) is 0. The molecule has 2 amide bonds. The highest BCUT2D eigenvalue weighted by Crippen LogP contribution is 2.23. The van der Waals surface area contributed by atoms with Crippen LogP contribution in [-0.4, -0.2) is 18.9 Å². The van der Waals surface area contributed by atoms with Crippen LogP contribution in [0.15, 0.2) is 36.4 Å². The summed E-state index contributed by atoms with van der Waals surface area (Å²) in [6, 6.07) is 10.8. The number of nitrogens with one attached hydrogen (secondary N) is 2. The van der Waals surface area contributed by atoms with E-state index in [0.717, 1.165) is 22.4 Å². The van der Waals surface area contributed by atoms with Gasteiger partial charge < -0.3 is 15.4 Å². The number of amides is 2. The molecule has 0 bridgehead atoms. The van der Waals surface area contributed by atoms with E-state index in [9.17, 15) is 9.59 Å². The van der Waals surface area contributed by atoms with E-state index < -0.39 is 0 Å². The van der Waals surface area contributed by atoms with Gasteiger partial charge in [0.25, 0.3) is 5.91 Å². The Kier molecular flexibility index (Phi) is 5.58. The number of rotatable bonds is 5. The Hall–Kier alpha value is -2.82. The van der Waals surface area contributed by atoms with Gasteiger partial charge in [0.2, 0.25) is 5.91 Å². The maximum absolute atomic E-state index is 12.3. The molecular formula is C19H22N2O3. The van der Waals surface area contributed by atoms with Crippen LogP contribution in [0.2, 0.25) is 0 Å². The fourth-order valence-corrected chi connectivity index (χ4v) is 2.40. The average Bonchev–Trinajstić information content (AvgIpc) is 2.54. The SMILES string of the molecule is COc1cc(C)c(C)cc1CNC(=O)c1cccc(NC(C)=O)c1. The Morgan fingerprint density at radius 2 is 1.79 bits per heavy atom. The minimum atomic E-state index is -0.206. The van der Waals surface area contributed by atoms with Gasteiger partial charge in [-0.25, -0.2) is 0 Å². The first-order valence-electron chi connectivity index (χ1n) is 7.70. The monoisotopic (exact) mass is 326 g/mol. The van der Waals surface area contributed by atoms with Crippen molar-refractivity contribution in [3.63, 3.8) is 0 Å². The van der Waals surface area contributed by atoms with Crippen LogP contribution in [0, 0.1) is 13.8 Å². The largest absolute Gasteiger partial charge is 0.496 e. The van der Waals surface area contributed by atoms with Gasteiger partial charge in [0.15, 0.2) is 0 Å². The van der Waals surface area contributed by atoms with Crippen molar-refractivity contribution in [3.05, 3.63) is 58.7 Å². The van der Waals surface area contributed by atoms with E-state index in [4.69, 9.17) is 4.74 Å². The van der Waals surface area contributed by atoms with E-state index in [1.165, 1.54) is 6.92 Å². The van der Waals surface area contributed by atoms with Crippen molar-refractivity contribution in [2.75, 3.05) is 12.4 Å². The number of ether oxygens (including phenoxy) is 1. The zero-order valence-corrected chi connectivity index (χ0v) is 14.4. The van der Waals surface area contributed by atoms with Gasteiger partial charge in [-0.1, -0.05) is 12.1 Å². The maximum Gasteiger partial charge on any atom is 0.251 e. The Morgan fingerprint density at radius 3 is 2.46 bits per heavy atom. The molecule has 0 aliphatic rings. The summed E-state index contributed by atoms with van der Waals surface area (Å²) in [7, 11) is 1.62. The summed E-state index contributed by atoms with van der Waals surface area (Å²) in [5.74, 6) is 0.375. The fourth-order valence-electron chi connectivity index (χ4n) is 2.40. The summed E-state index contributed by atoms with van der Waals surface area (Å²) in [6.45, 7) is 5.84. The number of hydrogen-bond acceptors (Lipinski definition) is 3. The first-order valence-corrected chi connectivity index (χ1v) is 7.70. The van der Waals surface area contributed by atoms with E-state index in [1.807, 2.05) is 26.0 Å². The second-order valence-corrected chi connectivity index (χ2v) is 5.69. The van der Waals surface area contributed by atoms with Crippen LogP contribution in [0.1, 0.15) is 34.0 Å². The first kappa shape index (κ1) is 17.5. The molecule has 0 spiro atoms. The lowest BCUT2D eigenvalue weighted by atomic mass is 10.0. The summed E-state index contributed by atoms with van der Waals surface area (Å²) in [5.41, 5.74) is 4.30. The summed E-state index contributed by atoms with van der Waals surface area (Å²) < 4.78 is 5.38. The lowest BCUT2D eigenvalue weighted by Crippen LogP contribution is -2.23. The molecule has 0 saturated heterocycles. The first-order chi connectivity index (χ1) is 11.4. The second kappa shape index (κ2) is 7.64. The number of benzene rings is 2. The highest BCUT2D eigenvalue weighted by molar-refractivity contribution is 5.96. The van der Waals surface area contributed by atoms with Gasteiger partial charge in [0, 0.05) is 30.3 Å². The lowest BCUT2D eigenvalue weighted by molar-refractivity contribution is -0.114. The molecule has 5 nitrogen and oxygen atoms in total. The van der Waals surface area contributed by atoms with E-state index in [0.29, 0.717) is 17.8 Å². The Bertz CT molecular complexity index is 769. The normalized spacial score (nSPS) is 10.2. The van der Waals surface area contributed by atoms with Gasteiger partial charge in [-0.05, 0) is 49.2 Å². The number of carbonyl (C=O) groups excluding carboxylic acids is 2. The Morgan fingerprint density at radius 1 is 1.08 bits per heavy atom. The van der Waals surface area contributed by atoms with Gasteiger partial charge >= 0.3 is 0 Å². The van der Waals surface area contributed by atoms with Crippen molar-refractivity contribution in [2.24, 2.45) is 0 Å². The zero-order valence-electron chi connectivity index (χ0n) is 14.4. The number of methoxy groups -OCH3 is 1. The van der Waals surface area contributed by atoms with Crippen LogP contribution in [0.25, 0.3) is 0 Å². The molecule has 0 unspecified atom stereocenters. The quantitative estimate of drug-likeness (QED) is 0.886. The summed E-state index contributed by atoms with van der Waals surface area (Å²) >= 11 is 0. The molecule has 0 heterocycles. The molecule has 2 aromatic carbocycles. The Balaban J connectivity index is 2.11. The number of aryl methyl sites for hydroxylation is 2. The highest BCUT2D eigenvalue weighted by Gasteiger charge is 2.10. The molecule has 0 aliphatic carbocycles. The molecule has 0 aromatic heterocycles. The molecule has 2 aromatic rings. The standard InChI is InChI=1S/C19H22N2O3/c1-12-8-16(18(24-4)9-13(12)2)11-20-19(23)15-6-5-7-17(10-15)21-14(3)22/h5-10H,11H2,1-4H3,(H,20,23)(H,21,22). The molecule has 0 atom stereocenters. The van der Waals surface area contributed by atoms with Crippen molar-refractivity contribution in [2.45, 2.75) is 27.3 Å². The molecule has 0 fully saturated rings. The van der Waals surface area contributed by atoms with Crippen molar-refractivity contribution >= 4 is 17.5 Å². The fraction of sp³-hybridized carbons (Fsp3) is 0.263. The predicted molar refractivity (Wildman–Crippen MR) is 94.4 cm³/mol. The van der Waals surface area contributed by atoms with Crippen molar-refractivity contribution in [1.82, 2.24) is 5.32 Å². The lowest BCUT2D eigenvalue weighted by Gasteiger charge is -2.13. The Labute approximate surface area is 142 Å². The van der Waals surface area contributed by atoms with E-state index in [2.05, 4.69) is 10.6 Å². The minimum Gasteiger partial charge on any atom is -0.496 e. The maximum atomic E-state index is 12.3. The van der Waals surface area contributed by atoms with Gasteiger partial charge in [-0.15, -0.1) is 0 Å². The van der Waals surface area contributed by atoms with Gasteiger partial charge in [-0.2, -0.15) is 0 Å². The van der Waals surface area contributed by atoms with Crippen molar-refractivity contribution in [1.29, 1.82) is 0 Å². The smallest absolute Gasteiger partial charge is 0.251 e. The molecule has 2 rings (SSSR count). The highest BCUT2D eigenvalue weighted by atomic mass is 16.5. The predicted octanol–water partition coefficient (Wildman–Crippen LogP) is 3.20. The number of hydrogen-bond donors (Lipinski definition) is 2. The van der Waals surface area contributed by atoms with E-state index in [1.54, 1.807) is 31.4 Å². The van der Waals surface area contributed by atoms with Crippen LogP contribution in [0.5, 0.6) is 5.75 Å². The number of anilines is 1. The molecule has 126 valence electrons. The summed E-state index contributed by atoms with van der Waals surface area (Å²) in [5, 5.41) is 5.55. The van der Waals surface area contributed by atoms with E-state index >= 15 is 0 Å². The number of carbonyl (C=O) groups is 2. The van der Waals surface area contributed by atoms with Crippen molar-refractivity contribution < 1.29 is 14.3 Å². The van der Waals surface area contributed by atoms with Gasteiger partial charge in [0.1, 0.15) is 5.75 Å². The average molecular weight is 326 g/mol. The third-order valence-electron chi connectivity index (χ3n) is 3.78. The van der Waals surface area contributed by atoms with Gasteiger partial charge in [0.05, 0.1) is 7.11 Å². The van der Waals surface area contributed by atoms with Crippen LogP contribution in [0.4, 0.5) is 5.69 Å². The van der Waals surface area contributed by atoms with Crippen LogP contribution in [-0.2, 0) is 11.3 Å². The third-order valence-corrected chi connectivity index (χ3v) is 3.78.